The van der Waals surface area contributed by atoms with Crippen LogP contribution in [0.1, 0.15) is 17.5 Å². The van der Waals surface area contributed by atoms with Gasteiger partial charge in [-0.25, -0.2) is 4.90 Å². The molecule has 2 amide bonds. The Kier molecular flexibility index (Phi) is 6.78. The maximum Gasteiger partial charge on any atom is 0.257 e. The lowest BCUT2D eigenvalue weighted by molar-refractivity contribution is -0.122. The van der Waals surface area contributed by atoms with Crippen molar-refractivity contribution in [3.63, 3.8) is 0 Å². The molecule has 5 nitrogen and oxygen atoms in total. The number of anilines is 2. The number of aryl methyl sites for hydroxylation is 1. The zero-order valence-electron chi connectivity index (χ0n) is 20.1. The third-order valence-electron chi connectivity index (χ3n) is 6.57. The van der Waals surface area contributed by atoms with Crippen LogP contribution in [0.4, 0.5) is 11.4 Å². The fourth-order valence-electron chi connectivity index (χ4n) is 4.64. The van der Waals surface area contributed by atoms with Gasteiger partial charge in [-0.3, -0.25) is 9.59 Å². The summed E-state index contributed by atoms with van der Waals surface area (Å²) in [5.74, 6) is -0.467. The van der Waals surface area contributed by atoms with Crippen LogP contribution in [-0.4, -0.2) is 34.4 Å². The molecule has 0 aromatic heterocycles. The van der Waals surface area contributed by atoms with E-state index in [0.29, 0.717) is 23.8 Å². The molecule has 180 valence electrons. The molecule has 1 fully saturated rings. The summed E-state index contributed by atoms with van der Waals surface area (Å²) in [6, 6.07) is 30.9. The van der Waals surface area contributed by atoms with E-state index in [-0.39, 0.29) is 18.2 Å². The molecule has 1 unspecified atom stereocenters. The van der Waals surface area contributed by atoms with Crippen LogP contribution in [-0.2, 0) is 16.0 Å². The first kappa shape index (κ1) is 23.7. The minimum Gasteiger partial charge on any atom is -0.336 e. The number of benzene rings is 4. The Bertz CT molecular complexity index is 1410. The molecule has 0 aliphatic carbocycles. The molecule has 4 aromatic rings. The number of hydrogen-bond acceptors (Lipinski definition) is 3. The predicted molar refractivity (Wildman–Crippen MR) is 149 cm³/mol. The average Bonchev–Trinajstić information content (AvgIpc) is 3.19. The van der Waals surface area contributed by atoms with E-state index in [2.05, 4.69) is 29.6 Å². The van der Waals surface area contributed by atoms with E-state index >= 15 is 0 Å². The second kappa shape index (κ2) is 10.3. The van der Waals surface area contributed by atoms with Crippen LogP contribution in [0.25, 0.3) is 10.8 Å². The molecule has 6 heteroatoms. The molecule has 0 spiro atoms. The van der Waals surface area contributed by atoms with Crippen molar-refractivity contribution >= 4 is 51.3 Å². The second-order valence-corrected chi connectivity index (χ2v) is 9.40. The number of carbonyl (C=O) groups is 2. The molecular formula is C30H27N3O2S. The lowest BCUT2D eigenvalue weighted by Crippen LogP contribution is -2.48. The Hall–Kier alpha value is -4.03. The standard InChI is InChI=1S/C30H27N3O2S/c1-21-14-16-24(17-15-21)33-28(34)20-27(29(33)35)32(19-18-22-8-3-2-4-9-22)30(36)31-26-13-7-11-23-10-5-6-12-25(23)26/h2-17,27H,18-20H2,1H3,(H,31,36). The van der Waals surface area contributed by atoms with E-state index in [0.717, 1.165) is 27.6 Å². The Morgan fingerprint density at radius 2 is 1.61 bits per heavy atom. The fraction of sp³-hybridized carbons (Fsp3) is 0.167. The summed E-state index contributed by atoms with van der Waals surface area (Å²) in [5, 5.41) is 5.94. The van der Waals surface area contributed by atoms with Gasteiger partial charge in [0.25, 0.3) is 5.91 Å². The first-order valence-electron chi connectivity index (χ1n) is 12.0. The van der Waals surface area contributed by atoms with Crippen LogP contribution in [0.2, 0.25) is 0 Å². The van der Waals surface area contributed by atoms with Gasteiger partial charge >= 0.3 is 0 Å². The molecule has 4 aromatic carbocycles. The SMILES string of the molecule is Cc1ccc(N2C(=O)CC(N(CCc3ccccc3)C(=S)Nc3cccc4ccccc34)C2=O)cc1. The van der Waals surface area contributed by atoms with Crippen LogP contribution < -0.4 is 10.2 Å². The minimum atomic E-state index is -0.669. The number of hydrogen-bond donors (Lipinski definition) is 1. The van der Waals surface area contributed by atoms with Crippen LogP contribution >= 0.6 is 12.2 Å². The van der Waals surface area contributed by atoms with Gasteiger partial charge in [0.05, 0.1) is 12.1 Å². The average molecular weight is 494 g/mol. The van der Waals surface area contributed by atoms with E-state index in [1.54, 1.807) is 0 Å². The summed E-state index contributed by atoms with van der Waals surface area (Å²) in [6.45, 7) is 2.48. The van der Waals surface area contributed by atoms with Crippen LogP contribution in [0, 0.1) is 6.92 Å². The lowest BCUT2D eigenvalue weighted by atomic mass is 10.1. The van der Waals surface area contributed by atoms with E-state index in [9.17, 15) is 9.59 Å². The molecule has 0 saturated carbocycles. The molecular weight excluding hydrogens is 466 g/mol. The van der Waals surface area contributed by atoms with Gasteiger partial charge in [0, 0.05) is 17.6 Å². The summed E-state index contributed by atoms with van der Waals surface area (Å²) in [7, 11) is 0. The third-order valence-corrected chi connectivity index (χ3v) is 6.90. The number of fused-ring (bicyclic) bond motifs is 1. The predicted octanol–water partition coefficient (Wildman–Crippen LogP) is 5.72. The molecule has 1 atom stereocenters. The molecule has 1 saturated heterocycles. The van der Waals surface area contributed by atoms with Gasteiger partial charge in [0.2, 0.25) is 5.91 Å². The minimum absolute atomic E-state index is 0.0822. The highest BCUT2D eigenvalue weighted by Crippen LogP contribution is 2.28. The number of nitrogens with one attached hydrogen (secondary N) is 1. The zero-order valence-corrected chi connectivity index (χ0v) is 20.9. The van der Waals surface area contributed by atoms with Crippen LogP contribution in [0.3, 0.4) is 0 Å². The zero-order chi connectivity index (χ0) is 25.1. The fourth-order valence-corrected chi connectivity index (χ4v) is 4.97. The number of imide groups is 1. The highest BCUT2D eigenvalue weighted by molar-refractivity contribution is 7.80. The van der Waals surface area contributed by atoms with Gasteiger partial charge in [0.15, 0.2) is 5.11 Å². The molecule has 36 heavy (non-hydrogen) atoms. The van der Waals surface area contributed by atoms with Gasteiger partial charge in [0.1, 0.15) is 6.04 Å². The lowest BCUT2D eigenvalue weighted by Gasteiger charge is -2.30. The van der Waals surface area contributed by atoms with Crippen molar-refractivity contribution < 1.29 is 9.59 Å². The topological polar surface area (TPSA) is 52.7 Å². The Labute approximate surface area is 216 Å². The van der Waals surface area contributed by atoms with Gasteiger partial charge < -0.3 is 10.2 Å². The summed E-state index contributed by atoms with van der Waals surface area (Å²) >= 11 is 5.87. The second-order valence-electron chi connectivity index (χ2n) is 9.01. The quantitative estimate of drug-likeness (QED) is 0.275. The van der Waals surface area contributed by atoms with E-state index in [4.69, 9.17) is 12.2 Å². The highest BCUT2D eigenvalue weighted by Gasteiger charge is 2.43. The van der Waals surface area contributed by atoms with Gasteiger partial charge in [-0.05, 0) is 54.7 Å². The van der Waals surface area contributed by atoms with Crippen molar-refractivity contribution in [3.8, 4) is 0 Å². The molecule has 1 aliphatic heterocycles. The summed E-state index contributed by atoms with van der Waals surface area (Å²) < 4.78 is 0. The monoisotopic (exact) mass is 493 g/mol. The maximum absolute atomic E-state index is 13.6. The number of thiocarbonyl (C=S) groups is 1. The van der Waals surface area contributed by atoms with Crippen molar-refractivity contribution in [2.24, 2.45) is 0 Å². The maximum atomic E-state index is 13.6. The van der Waals surface area contributed by atoms with Crippen molar-refractivity contribution in [2.75, 3.05) is 16.8 Å². The first-order chi connectivity index (χ1) is 17.5. The Balaban J connectivity index is 1.44. The smallest absolute Gasteiger partial charge is 0.257 e. The highest BCUT2D eigenvalue weighted by atomic mass is 32.1. The molecule has 1 heterocycles. The summed E-state index contributed by atoms with van der Waals surface area (Å²) in [6.07, 6.45) is 0.777. The normalized spacial score (nSPS) is 15.4. The molecule has 1 N–H and O–H groups in total. The van der Waals surface area contributed by atoms with Crippen LogP contribution in [0.15, 0.2) is 97.1 Å². The van der Waals surface area contributed by atoms with Crippen molar-refractivity contribution in [1.29, 1.82) is 0 Å². The van der Waals surface area contributed by atoms with Crippen molar-refractivity contribution in [3.05, 3.63) is 108 Å². The third kappa shape index (κ3) is 4.86. The van der Waals surface area contributed by atoms with Gasteiger partial charge in [-0.15, -0.1) is 0 Å². The number of rotatable bonds is 6. The molecule has 1 aliphatic rings. The Morgan fingerprint density at radius 1 is 0.917 bits per heavy atom. The van der Waals surface area contributed by atoms with Crippen molar-refractivity contribution in [1.82, 2.24) is 4.90 Å². The van der Waals surface area contributed by atoms with E-state index in [1.165, 1.54) is 4.90 Å². The number of carbonyl (C=O) groups excluding carboxylic acids is 2. The number of amides is 2. The molecule has 5 rings (SSSR count). The van der Waals surface area contributed by atoms with Crippen molar-refractivity contribution in [2.45, 2.75) is 25.8 Å². The largest absolute Gasteiger partial charge is 0.336 e. The Morgan fingerprint density at radius 3 is 2.39 bits per heavy atom. The van der Waals surface area contributed by atoms with E-state index < -0.39 is 6.04 Å². The van der Waals surface area contributed by atoms with Crippen LogP contribution in [0.5, 0.6) is 0 Å². The van der Waals surface area contributed by atoms with Gasteiger partial charge in [-0.2, -0.15) is 0 Å². The molecule has 0 bridgehead atoms. The van der Waals surface area contributed by atoms with Gasteiger partial charge in [-0.1, -0.05) is 84.4 Å². The summed E-state index contributed by atoms with van der Waals surface area (Å²) in [4.78, 5) is 29.8. The number of nitrogens with zero attached hydrogens (tertiary/aromatic N) is 2. The first-order valence-corrected chi connectivity index (χ1v) is 12.4. The molecule has 0 radical (unpaired) electrons. The van der Waals surface area contributed by atoms with E-state index in [1.807, 2.05) is 84.6 Å². The summed E-state index contributed by atoms with van der Waals surface area (Å²) in [5.41, 5.74) is 3.67.